The summed E-state index contributed by atoms with van der Waals surface area (Å²) in [5, 5.41) is 11.1. The van der Waals surface area contributed by atoms with Crippen molar-refractivity contribution < 1.29 is 0 Å². The summed E-state index contributed by atoms with van der Waals surface area (Å²) >= 11 is 1.84. The Morgan fingerprint density at radius 2 is 1.32 bits per heavy atom. The van der Waals surface area contributed by atoms with Crippen LogP contribution in [0.15, 0.2) is 133 Å². The summed E-state index contributed by atoms with van der Waals surface area (Å²) in [7, 11) is 0. The topological polar surface area (TPSA) is 15.3 Å². The second-order valence-corrected chi connectivity index (χ2v) is 11.2. The molecule has 0 amide bonds. The van der Waals surface area contributed by atoms with Gasteiger partial charge in [-0.25, -0.2) is 0 Å². The van der Waals surface area contributed by atoms with Gasteiger partial charge in [0.15, 0.2) is 0 Å². The SMILES string of the molecule is C1=Cc2c(sc3cccc(N(c4ccc(-c5ccccc5)cc4)c4cc5ccccc5c5ccccc45)c23)NC1. The van der Waals surface area contributed by atoms with Crippen LogP contribution >= 0.6 is 11.3 Å². The first-order chi connectivity index (χ1) is 19.8. The van der Waals surface area contributed by atoms with Crippen LogP contribution in [-0.2, 0) is 0 Å². The maximum Gasteiger partial charge on any atom is 0.0971 e. The Bertz CT molecular complexity index is 2050. The summed E-state index contributed by atoms with van der Waals surface area (Å²) < 4.78 is 1.29. The van der Waals surface area contributed by atoms with Crippen molar-refractivity contribution in [1.82, 2.24) is 0 Å². The van der Waals surface area contributed by atoms with E-state index >= 15 is 0 Å². The zero-order chi connectivity index (χ0) is 26.5. The minimum atomic E-state index is 0.870. The average molecular weight is 531 g/mol. The molecule has 2 nitrogen and oxygen atoms in total. The van der Waals surface area contributed by atoms with Crippen molar-refractivity contribution >= 4 is 71.1 Å². The van der Waals surface area contributed by atoms with Crippen LogP contribution in [0.1, 0.15) is 5.56 Å². The fraction of sp³-hybridized carbons (Fsp3) is 0.0270. The molecule has 0 unspecified atom stereocenters. The number of hydrogen-bond acceptors (Lipinski definition) is 3. The van der Waals surface area contributed by atoms with E-state index in [2.05, 4.69) is 150 Å². The van der Waals surface area contributed by atoms with Crippen molar-refractivity contribution in [3.63, 3.8) is 0 Å². The van der Waals surface area contributed by atoms with Crippen molar-refractivity contribution in [1.29, 1.82) is 0 Å². The third-order valence-corrected chi connectivity index (χ3v) is 8.98. The lowest BCUT2D eigenvalue weighted by Gasteiger charge is -2.29. The smallest absolute Gasteiger partial charge is 0.0971 e. The summed E-state index contributed by atoms with van der Waals surface area (Å²) in [5.74, 6) is 0. The van der Waals surface area contributed by atoms with E-state index in [1.807, 2.05) is 11.3 Å². The van der Waals surface area contributed by atoms with Crippen LogP contribution in [0.5, 0.6) is 0 Å². The van der Waals surface area contributed by atoms with Crippen LogP contribution in [0, 0.1) is 0 Å². The number of anilines is 4. The van der Waals surface area contributed by atoms with Gasteiger partial charge in [0.1, 0.15) is 0 Å². The van der Waals surface area contributed by atoms with Crippen molar-refractivity contribution in [2.45, 2.75) is 0 Å². The molecule has 0 radical (unpaired) electrons. The van der Waals surface area contributed by atoms with Gasteiger partial charge in [0.05, 0.1) is 16.4 Å². The molecule has 0 spiro atoms. The third-order valence-electron chi connectivity index (χ3n) is 7.86. The zero-order valence-corrected chi connectivity index (χ0v) is 22.7. The Morgan fingerprint density at radius 1 is 0.600 bits per heavy atom. The molecule has 7 aromatic rings. The third kappa shape index (κ3) is 3.70. The van der Waals surface area contributed by atoms with E-state index in [0.29, 0.717) is 0 Å². The lowest BCUT2D eigenvalue weighted by atomic mass is 9.98. The maximum absolute atomic E-state index is 3.59. The van der Waals surface area contributed by atoms with Crippen molar-refractivity contribution in [3.05, 3.63) is 139 Å². The zero-order valence-electron chi connectivity index (χ0n) is 21.8. The molecule has 0 fully saturated rings. The predicted molar refractivity (Wildman–Crippen MR) is 174 cm³/mol. The van der Waals surface area contributed by atoms with E-state index in [1.54, 1.807) is 0 Å². The molecule has 0 aliphatic carbocycles. The second-order valence-electron chi connectivity index (χ2n) is 10.2. The molecule has 1 aromatic heterocycles. The summed E-state index contributed by atoms with van der Waals surface area (Å²) in [4.78, 5) is 2.46. The van der Waals surface area contributed by atoms with Crippen LogP contribution < -0.4 is 10.2 Å². The number of benzene rings is 6. The highest BCUT2D eigenvalue weighted by Gasteiger charge is 2.23. The first-order valence-electron chi connectivity index (χ1n) is 13.7. The first-order valence-corrected chi connectivity index (χ1v) is 14.5. The molecule has 1 N–H and O–H groups in total. The minimum absolute atomic E-state index is 0.870. The van der Waals surface area contributed by atoms with Gasteiger partial charge in [-0.3, -0.25) is 0 Å². The van der Waals surface area contributed by atoms with Crippen LogP contribution in [0.2, 0.25) is 0 Å². The first kappa shape index (κ1) is 23.1. The molecule has 0 atom stereocenters. The highest BCUT2D eigenvalue weighted by Crippen LogP contribution is 2.49. The molecule has 1 aliphatic heterocycles. The minimum Gasteiger partial charge on any atom is -0.373 e. The standard InChI is InChI=1S/C37H26N2S/c1-2-10-25(11-3-1)26-19-21-28(22-20-26)39(33-17-8-18-35-36(33)32-16-9-23-38-37(32)40-35)34-24-27-12-4-5-13-29(27)30-14-6-7-15-31(30)34/h1-22,24,38H,23H2. The van der Waals surface area contributed by atoms with Gasteiger partial charge in [0, 0.05) is 33.3 Å². The van der Waals surface area contributed by atoms with E-state index in [0.717, 1.165) is 12.2 Å². The van der Waals surface area contributed by atoms with Crippen LogP contribution in [0.4, 0.5) is 22.1 Å². The molecule has 3 heteroatoms. The summed E-state index contributed by atoms with van der Waals surface area (Å²) in [6.45, 7) is 0.870. The Hall–Kier alpha value is -4.86. The van der Waals surface area contributed by atoms with Gasteiger partial charge in [0.25, 0.3) is 0 Å². The number of fused-ring (bicyclic) bond motifs is 6. The maximum atomic E-state index is 3.59. The highest BCUT2D eigenvalue weighted by molar-refractivity contribution is 7.23. The monoisotopic (exact) mass is 530 g/mol. The highest BCUT2D eigenvalue weighted by atomic mass is 32.1. The molecule has 0 saturated heterocycles. The van der Waals surface area contributed by atoms with E-state index in [4.69, 9.17) is 0 Å². The quantitative estimate of drug-likeness (QED) is 0.228. The number of rotatable bonds is 4. The predicted octanol–water partition coefficient (Wildman–Crippen LogP) is 10.8. The molecule has 190 valence electrons. The van der Waals surface area contributed by atoms with E-state index in [9.17, 15) is 0 Å². The van der Waals surface area contributed by atoms with E-state index in [-0.39, 0.29) is 0 Å². The van der Waals surface area contributed by atoms with Gasteiger partial charge >= 0.3 is 0 Å². The average Bonchev–Trinajstić information content (AvgIpc) is 3.41. The van der Waals surface area contributed by atoms with Crippen molar-refractivity contribution in [2.75, 3.05) is 16.8 Å². The van der Waals surface area contributed by atoms with Gasteiger partial charge in [0.2, 0.25) is 0 Å². The molecule has 40 heavy (non-hydrogen) atoms. The van der Waals surface area contributed by atoms with Gasteiger partial charge < -0.3 is 10.2 Å². The van der Waals surface area contributed by atoms with Gasteiger partial charge in [-0.05, 0) is 57.6 Å². The molecule has 0 bridgehead atoms. The van der Waals surface area contributed by atoms with Gasteiger partial charge in [-0.2, -0.15) is 0 Å². The number of thiophene rings is 1. The van der Waals surface area contributed by atoms with E-state index in [1.165, 1.54) is 64.7 Å². The Kier molecular flexibility index (Phi) is 5.42. The fourth-order valence-corrected chi connectivity index (χ4v) is 7.14. The van der Waals surface area contributed by atoms with Gasteiger partial charge in [-0.1, -0.05) is 109 Å². The fourth-order valence-electron chi connectivity index (χ4n) is 6.02. The lowest BCUT2D eigenvalue weighted by Crippen LogP contribution is -2.11. The molecular weight excluding hydrogens is 504 g/mol. The summed E-state index contributed by atoms with van der Waals surface area (Å²) in [6.07, 6.45) is 4.50. The Labute approximate surface area is 237 Å². The largest absolute Gasteiger partial charge is 0.373 e. The molecular formula is C37H26N2S. The molecule has 6 aromatic carbocycles. The van der Waals surface area contributed by atoms with Crippen molar-refractivity contribution in [2.24, 2.45) is 0 Å². The molecule has 2 heterocycles. The normalized spacial score (nSPS) is 12.5. The second kappa shape index (κ2) is 9.41. The molecule has 8 rings (SSSR count). The van der Waals surface area contributed by atoms with Gasteiger partial charge in [-0.15, -0.1) is 11.3 Å². The lowest BCUT2D eigenvalue weighted by molar-refractivity contribution is 1.31. The van der Waals surface area contributed by atoms with Crippen molar-refractivity contribution in [3.8, 4) is 11.1 Å². The van der Waals surface area contributed by atoms with Crippen LogP contribution in [0.3, 0.4) is 0 Å². The number of nitrogens with zero attached hydrogens (tertiary/aromatic N) is 1. The van der Waals surface area contributed by atoms with Crippen LogP contribution in [0.25, 0.3) is 48.8 Å². The summed E-state index contributed by atoms with van der Waals surface area (Å²) in [5.41, 5.74) is 7.23. The number of nitrogens with one attached hydrogen (secondary N) is 1. The number of hydrogen-bond donors (Lipinski definition) is 1. The molecule has 1 aliphatic rings. The molecule has 0 saturated carbocycles. The Morgan fingerprint density at radius 3 is 2.17 bits per heavy atom. The van der Waals surface area contributed by atoms with E-state index < -0.39 is 0 Å². The summed E-state index contributed by atoms with van der Waals surface area (Å²) in [6, 6.07) is 46.2. The van der Waals surface area contributed by atoms with Crippen LogP contribution in [-0.4, -0.2) is 6.54 Å². The Balaban J connectivity index is 1.43.